The Kier molecular flexibility index (Phi) is 5.07. The van der Waals surface area contributed by atoms with Gasteiger partial charge in [-0.15, -0.1) is 0 Å². The minimum absolute atomic E-state index is 0.112. The highest BCUT2D eigenvalue weighted by Crippen LogP contribution is 2.28. The van der Waals surface area contributed by atoms with Crippen molar-refractivity contribution in [3.05, 3.63) is 35.6 Å². The van der Waals surface area contributed by atoms with E-state index < -0.39 is 11.5 Å². The van der Waals surface area contributed by atoms with Crippen LogP contribution in [0.3, 0.4) is 0 Å². The van der Waals surface area contributed by atoms with Crippen molar-refractivity contribution in [3.8, 4) is 0 Å². The van der Waals surface area contributed by atoms with E-state index in [-0.39, 0.29) is 18.0 Å². The van der Waals surface area contributed by atoms with Gasteiger partial charge in [-0.2, -0.15) is 0 Å². The monoisotopic (exact) mass is 293 g/mol. The maximum Gasteiger partial charge on any atom is 0.323 e. The van der Waals surface area contributed by atoms with Gasteiger partial charge in [-0.1, -0.05) is 19.3 Å². The fourth-order valence-corrected chi connectivity index (χ4v) is 2.82. The molecular weight excluding hydrogens is 273 g/mol. The molecule has 1 aliphatic rings. The average molecular weight is 293 g/mol. The van der Waals surface area contributed by atoms with Crippen LogP contribution in [0, 0.1) is 5.82 Å². The van der Waals surface area contributed by atoms with Gasteiger partial charge in [0.25, 0.3) is 0 Å². The predicted molar refractivity (Wildman–Crippen MR) is 76.8 cm³/mol. The molecule has 1 aliphatic carbocycles. The van der Waals surface area contributed by atoms with Crippen LogP contribution < -0.4 is 5.32 Å². The van der Waals surface area contributed by atoms with E-state index in [1.165, 1.54) is 24.3 Å². The number of hydrogen-bond donors (Lipinski definition) is 2. The molecule has 1 aromatic carbocycles. The number of ketones is 1. The van der Waals surface area contributed by atoms with Crippen LogP contribution in [0.1, 0.15) is 48.9 Å². The molecule has 0 heterocycles. The Morgan fingerprint density at radius 1 is 1.14 bits per heavy atom. The number of Topliss-reactive ketones (excluding diaryl/α,β-unsaturated/α-hetero) is 1. The molecular formula is C16H20FNO3. The van der Waals surface area contributed by atoms with Crippen LogP contribution in [0.4, 0.5) is 4.39 Å². The van der Waals surface area contributed by atoms with Gasteiger partial charge in [-0.25, -0.2) is 4.39 Å². The molecule has 21 heavy (non-hydrogen) atoms. The number of aliphatic carboxylic acids is 1. The molecule has 114 valence electrons. The summed E-state index contributed by atoms with van der Waals surface area (Å²) in [6.07, 6.45) is 4.27. The lowest BCUT2D eigenvalue weighted by Crippen LogP contribution is -2.53. The molecule has 0 unspecified atom stereocenters. The van der Waals surface area contributed by atoms with E-state index in [9.17, 15) is 19.1 Å². The van der Waals surface area contributed by atoms with E-state index >= 15 is 0 Å². The molecule has 1 fully saturated rings. The normalized spacial score (nSPS) is 17.4. The predicted octanol–water partition coefficient (Wildman–Crippen LogP) is 2.78. The van der Waals surface area contributed by atoms with E-state index in [1.807, 2.05) is 0 Å². The first-order valence-electron chi connectivity index (χ1n) is 7.31. The van der Waals surface area contributed by atoms with E-state index in [4.69, 9.17) is 0 Å². The zero-order valence-corrected chi connectivity index (χ0v) is 11.9. The Balaban J connectivity index is 1.89. The molecule has 5 heteroatoms. The summed E-state index contributed by atoms with van der Waals surface area (Å²) in [4.78, 5) is 23.4. The maximum absolute atomic E-state index is 12.8. The number of hydrogen-bond acceptors (Lipinski definition) is 3. The Bertz CT molecular complexity index is 507. The van der Waals surface area contributed by atoms with Crippen molar-refractivity contribution in [1.82, 2.24) is 5.32 Å². The third-order valence-electron chi connectivity index (χ3n) is 4.10. The molecule has 0 aliphatic heterocycles. The van der Waals surface area contributed by atoms with Crippen LogP contribution in [-0.4, -0.2) is 28.9 Å². The minimum Gasteiger partial charge on any atom is -0.480 e. The summed E-state index contributed by atoms with van der Waals surface area (Å²) in [5, 5.41) is 12.5. The second-order valence-corrected chi connectivity index (χ2v) is 5.55. The smallest absolute Gasteiger partial charge is 0.323 e. The highest BCUT2D eigenvalue weighted by Gasteiger charge is 2.38. The van der Waals surface area contributed by atoms with Gasteiger partial charge < -0.3 is 10.4 Å². The van der Waals surface area contributed by atoms with E-state index in [0.717, 1.165) is 19.3 Å². The SMILES string of the molecule is O=C(CCNC1(C(=O)O)CCCCC1)c1ccc(F)cc1. The number of carbonyl (C=O) groups excluding carboxylic acids is 1. The zero-order valence-electron chi connectivity index (χ0n) is 11.9. The van der Waals surface area contributed by atoms with E-state index in [0.29, 0.717) is 24.9 Å². The highest BCUT2D eigenvalue weighted by atomic mass is 19.1. The Morgan fingerprint density at radius 2 is 1.76 bits per heavy atom. The first-order chi connectivity index (χ1) is 10.0. The number of carboxylic acid groups (broad SMARTS) is 1. The van der Waals surface area contributed by atoms with Gasteiger partial charge in [-0.3, -0.25) is 9.59 Å². The van der Waals surface area contributed by atoms with E-state index in [1.54, 1.807) is 0 Å². The van der Waals surface area contributed by atoms with Gasteiger partial charge in [0.15, 0.2) is 5.78 Å². The van der Waals surface area contributed by atoms with Crippen LogP contribution in [0.5, 0.6) is 0 Å². The Morgan fingerprint density at radius 3 is 2.33 bits per heavy atom. The van der Waals surface area contributed by atoms with Crippen molar-refractivity contribution >= 4 is 11.8 Å². The standard InChI is InChI=1S/C16H20FNO3/c17-13-6-4-12(5-7-13)14(19)8-11-18-16(15(20)21)9-2-1-3-10-16/h4-7,18H,1-3,8-11H2,(H,20,21). The lowest BCUT2D eigenvalue weighted by Gasteiger charge is -2.34. The molecule has 0 atom stereocenters. The van der Waals surface area contributed by atoms with Gasteiger partial charge in [-0.05, 0) is 37.1 Å². The summed E-state index contributed by atoms with van der Waals surface area (Å²) >= 11 is 0. The average Bonchev–Trinajstić information content (AvgIpc) is 2.48. The van der Waals surface area contributed by atoms with Crippen LogP contribution in [0.15, 0.2) is 24.3 Å². The van der Waals surface area contributed by atoms with Crippen molar-refractivity contribution in [2.24, 2.45) is 0 Å². The Hall–Kier alpha value is -1.75. The molecule has 1 aromatic rings. The third-order valence-corrected chi connectivity index (χ3v) is 4.10. The molecule has 0 saturated heterocycles. The zero-order chi connectivity index (χ0) is 15.3. The number of carbonyl (C=O) groups is 2. The summed E-state index contributed by atoms with van der Waals surface area (Å²) in [5.41, 5.74) is -0.437. The van der Waals surface area contributed by atoms with Gasteiger partial charge in [0.2, 0.25) is 0 Å². The summed E-state index contributed by atoms with van der Waals surface area (Å²) in [5.74, 6) is -1.33. The molecule has 0 aromatic heterocycles. The number of rotatable bonds is 6. The van der Waals surface area contributed by atoms with Crippen molar-refractivity contribution < 1.29 is 19.1 Å². The number of carboxylic acids is 1. The lowest BCUT2D eigenvalue weighted by molar-refractivity contribution is -0.146. The summed E-state index contributed by atoms with van der Waals surface area (Å²) in [6, 6.07) is 5.40. The van der Waals surface area contributed by atoms with Crippen LogP contribution >= 0.6 is 0 Å². The maximum atomic E-state index is 12.8. The van der Waals surface area contributed by atoms with Crippen LogP contribution in [-0.2, 0) is 4.79 Å². The van der Waals surface area contributed by atoms with Gasteiger partial charge >= 0.3 is 5.97 Å². The Labute approximate surface area is 123 Å². The third kappa shape index (κ3) is 3.88. The molecule has 0 amide bonds. The second-order valence-electron chi connectivity index (χ2n) is 5.55. The van der Waals surface area contributed by atoms with Crippen molar-refractivity contribution in [2.45, 2.75) is 44.1 Å². The van der Waals surface area contributed by atoms with Crippen molar-refractivity contribution in [1.29, 1.82) is 0 Å². The van der Waals surface area contributed by atoms with Crippen molar-refractivity contribution in [2.75, 3.05) is 6.54 Å². The molecule has 0 spiro atoms. The number of halogens is 1. The van der Waals surface area contributed by atoms with E-state index in [2.05, 4.69) is 5.32 Å². The van der Waals surface area contributed by atoms with Crippen LogP contribution in [0.25, 0.3) is 0 Å². The molecule has 1 saturated carbocycles. The molecule has 0 bridgehead atoms. The summed E-state index contributed by atoms with van der Waals surface area (Å²) in [6.45, 7) is 0.322. The molecule has 0 radical (unpaired) electrons. The first-order valence-corrected chi connectivity index (χ1v) is 7.31. The quantitative estimate of drug-likeness (QED) is 0.791. The fraction of sp³-hybridized carbons (Fsp3) is 0.500. The molecule has 2 rings (SSSR count). The first kappa shape index (κ1) is 15.6. The topological polar surface area (TPSA) is 66.4 Å². The lowest BCUT2D eigenvalue weighted by atomic mass is 9.81. The van der Waals surface area contributed by atoms with Crippen molar-refractivity contribution in [3.63, 3.8) is 0 Å². The second kappa shape index (κ2) is 6.80. The molecule has 2 N–H and O–H groups in total. The fourth-order valence-electron chi connectivity index (χ4n) is 2.82. The minimum atomic E-state index is -0.888. The van der Waals surface area contributed by atoms with Gasteiger partial charge in [0, 0.05) is 18.5 Å². The van der Waals surface area contributed by atoms with Gasteiger partial charge in [0.1, 0.15) is 11.4 Å². The van der Waals surface area contributed by atoms with Gasteiger partial charge in [0.05, 0.1) is 0 Å². The largest absolute Gasteiger partial charge is 0.480 e. The summed E-state index contributed by atoms with van der Waals surface area (Å²) in [7, 11) is 0. The highest BCUT2D eigenvalue weighted by molar-refractivity contribution is 5.96. The van der Waals surface area contributed by atoms with Crippen LogP contribution in [0.2, 0.25) is 0 Å². The number of benzene rings is 1. The molecule has 4 nitrogen and oxygen atoms in total. The number of nitrogens with one attached hydrogen (secondary N) is 1. The summed E-state index contributed by atoms with van der Waals surface area (Å²) < 4.78 is 12.8.